The van der Waals surface area contributed by atoms with Crippen molar-refractivity contribution in [2.45, 2.75) is 71.8 Å². The third-order valence-corrected chi connectivity index (χ3v) is 7.93. The van der Waals surface area contributed by atoms with Crippen LogP contribution in [0.1, 0.15) is 65.7 Å². The van der Waals surface area contributed by atoms with Gasteiger partial charge >= 0.3 is 5.97 Å². The van der Waals surface area contributed by atoms with E-state index in [1.165, 1.54) is 18.9 Å². The summed E-state index contributed by atoms with van der Waals surface area (Å²) in [6.45, 7) is 6.23. The van der Waals surface area contributed by atoms with E-state index in [1.54, 1.807) is 0 Å². The van der Waals surface area contributed by atoms with Crippen LogP contribution in [0.15, 0.2) is 23.5 Å². The molecule has 3 heteroatoms. The molecule has 2 saturated carbocycles. The lowest BCUT2D eigenvalue weighted by molar-refractivity contribution is -0.148. The molecule has 4 aliphatic carbocycles. The maximum Gasteiger partial charge on any atom is 0.302 e. The first kappa shape index (κ1) is 16.2. The molecule has 0 spiro atoms. The number of aliphatic hydroxyl groups excluding tert-OH is 1. The largest absolute Gasteiger partial charge is 0.512 e. The maximum absolute atomic E-state index is 11.3. The molecule has 1 N–H and O–H groups in total. The predicted molar refractivity (Wildman–Crippen MR) is 93.4 cm³/mol. The molecule has 3 unspecified atom stereocenters. The number of carbonyl (C=O) groups is 1. The minimum atomic E-state index is -0.154. The Hall–Kier alpha value is -1.25. The minimum Gasteiger partial charge on any atom is -0.512 e. The first-order valence-electron chi connectivity index (χ1n) is 9.61. The fraction of sp³-hybridized carbons (Fsp3) is 0.762. The highest BCUT2D eigenvalue weighted by Crippen LogP contribution is 2.64. The second-order valence-electron chi connectivity index (χ2n) is 9.01. The molecule has 0 aliphatic heterocycles. The second-order valence-corrected chi connectivity index (χ2v) is 9.01. The molecule has 3 nitrogen and oxygen atoms in total. The van der Waals surface area contributed by atoms with Crippen molar-refractivity contribution in [1.82, 2.24) is 0 Å². The van der Waals surface area contributed by atoms with Gasteiger partial charge in [0.1, 0.15) is 6.10 Å². The topological polar surface area (TPSA) is 46.5 Å². The summed E-state index contributed by atoms with van der Waals surface area (Å²) < 4.78 is 5.50. The van der Waals surface area contributed by atoms with Crippen molar-refractivity contribution in [2.75, 3.05) is 0 Å². The van der Waals surface area contributed by atoms with Crippen molar-refractivity contribution < 1.29 is 14.6 Å². The van der Waals surface area contributed by atoms with Crippen LogP contribution in [-0.2, 0) is 9.53 Å². The van der Waals surface area contributed by atoms with Gasteiger partial charge in [-0.05, 0) is 67.8 Å². The van der Waals surface area contributed by atoms with E-state index in [9.17, 15) is 9.90 Å². The molecule has 0 amide bonds. The molecule has 0 radical (unpaired) electrons. The molecule has 0 aromatic carbocycles. The quantitative estimate of drug-likeness (QED) is 0.547. The van der Waals surface area contributed by atoms with Crippen LogP contribution in [0.5, 0.6) is 0 Å². The van der Waals surface area contributed by atoms with Gasteiger partial charge < -0.3 is 9.84 Å². The van der Waals surface area contributed by atoms with Gasteiger partial charge in [0.15, 0.2) is 0 Å². The van der Waals surface area contributed by atoms with Crippen LogP contribution in [-0.4, -0.2) is 17.2 Å². The third-order valence-electron chi connectivity index (χ3n) is 7.93. The van der Waals surface area contributed by atoms with Gasteiger partial charge in [-0.1, -0.05) is 25.5 Å². The fourth-order valence-corrected chi connectivity index (χ4v) is 6.51. The summed E-state index contributed by atoms with van der Waals surface area (Å²) in [6, 6.07) is 0. The molecule has 4 rings (SSSR count). The summed E-state index contributed by atoms with van der Waals surface area (Å²) in [5, 5.41) is 10.4. The van der Waals surface area contributed by atoms with E-state index in [4.69, 9.17) is 4.74 Å². The second kappa shape index (κ2) is 5.37. The summed E-state index contributed by atoms with van der Waals surface area (Å²) in [6.07, 6.45) is 12.1. The van der Waals surface area contributed by atoms with E-state index in [0.717, 1.165) is 38.5 Å². The molecule has 0 aromatic heterocycles. The van der Waals surface area contributed by atoms with Gasteiger partial charge in [-0.25, -0.2) is 0 Å². The highest BCUT2D eigenvalue weighted by molar-refractivity contribution is 5.66. The normalized spacial score (nSPS) is 47.0. The van der Waals surface area contributed by atoms with Crippen molar-refractivity contribution >= 4 is 5.97 Å². The van der Waals surface area contributed by atoms with E-state index in [2.05, 4.69) is 26.0 Å². The van der Waals surface area contributed by atoms with Crippen LogP contribution in [0.4, 0.5) is 0 Å². The van der Waals surface area contributed by atoms with Crippen molar-refractivity contribution in [3.05, 3.63) is 23.5 Å². The number of ether oxygens (including phenoxy) is 1. The summed E-state index contributed by atoms with van der Waals surface area (Å²) in [7, 11) is 0. The Morgan fingerprint density at radius 3 is 2.62 bits per heavy atom. The molecule has 0 heterocycles. The van der Waals surface area contributed by atoms with Crippen molar-refractivity contribution in [1.29, 1.82) is 0 Å². The Bertz CT molecular complexity index is 619. The lowest BCUT2D eigenvalue weighted by atomic mass is 9.48. The van der Waals surface area contributed by atoms with Gasteiger partial charge in [-0.2, -0.15) is 0 Å². The van der Waals surface area contributed by atoms with Crippen molar-refractivity contribution in [3.8, 4) is 0 Å². The average molecular weight is 330 g/mol. The van der Waals surface area contributed by atoms with E-state index in [1.807, 2.05) is 0 Å². The number of hydrogen-bond acceptors (Lipinski definition) is 3. The smallest absolute Gasteiger partial charge is 0.302 e. The van der Waals surface area contributed by atoms with Gasteiger partial charge in [-0.15, -0.1) is 0 Å². The molecule has 0 bridgehead atoms. The van der Waals surface area contributed by atoms with Gasteiger partial charge in [0.05, 0.1) is 5.76 Å². The zero-order valence-corrected chi connectivity index (χ0v) is 15.2. The number of allylic oxidation sites excluding steroid dienone is 3. The molecule has 6 atom stereocenters. The Labute approximate surface area is 145 Å². The van der Waals surface area contributed by atoms with Crippen LogP contribution in [0.2, 0.25) is 0 Å². The Morgan fingerprint density at radius 2 is 1.88 bits per heavy atom. The molecule has 0 aromatic rings. The van der Waals surface area contributed by atoms with E-state index < -0.39 is 0 Å². The van der Waals surface area contributed by atoms with Gasteiger partial charge in [0, 0.05) is 18.8 Å². The number of fused-ring (bicyclic) bond motifs is 5. The first-order valence-corrected chi connectivity index (χ1v) is 9.61. The Morgan fingerprint density at radius 1 is 1.12 bits per heavy atom. The van der Waals surface area contributed by atoms with Gasteiger partial charge in [-0.3, -0.25) is 4.79 Å². The maximum atomic E-state index is 11.3. The molecular weight excluding hydrogens is 300 g/mol. The van der Waals surface area contributed by atoms with E-state index in [-0.39, 0.29) is 22.9 Å². The summed E-state index contributed by atoms with van der Waals surface area (Å²) >= 11 is 0. The average Bonchev–Trinajstić information content (AvgIpc) is 2.83. The summed E-state index contributed by atoms with van der Waals surface area (Å²) in [4.78, 5) is 11.3. The van der Waals surface area contributed by atoms with Crippen LogP contribution >= 0.6 is 0 Å². The SMILES string of the molecule is CC(=O)O[C@H]1CC[C@@]2(C)C(=CCC3C2CC[C@]2(C)C(O)=CCC32)C1. The highest BCUT2D eigenvalue weighted by Gasteiger charge is 2.57. The molecule has 2 fully saturated rings. The monoisotopic (exact) mass is 330 g/mol. The molecular formula is C21H30O3. The summed E-state index contributed by atoms with van der Waals surface area (Å²) in [5.74, 6) is 2.48. The Balaban J connectivity index is 1.59. The lowest BCUT2D eigenvalue weighted by Crippen LogP contribution is -2.50. The summed E-state index contributed by atoms with van der Waals surface area (Å²) in [5.41, 5.74) is 1.80. The third kappa shape index (κ3) is 2.19. The number of hydrogen-bond donors (Lipinski definition) is 1. The van der Waals surface area contributed by atoms with Gasteiger partial charge in [0.25, 0.3) is 0 Å². The van der Waals surface area contributed by atoms with Crippen LogP contribution in [0, 0.1) is 28.6 Å². The molecule has 132 valence electrons. The van der Waals surface area contributed by atoms with E-state index in [0.29, 0.717) is 23.5 Å². The molecule has 0 saturated heterocycles. The minimum absolute atomic E-state index is 0.0117. The number of carbonyl (C=O) groups excluding carboxylic acids is 1. The van der Waals surface area contributed by atoms with Gasteiger partial charge in [0.2, 0.25) is 0 Å². The van der Waals surface area contributed by atoms with Crippen molar-refractivity contribution in [3.63, 3.8) is 0 Å². The molecule has 24 heavy (non-hydrogen) atoms. The number of esters is 1. The number of aliphatic hydroxyl groups is 1. The predicted octanol–water partition coefficient (Wildman–Crippen LogP) is 4.93. The standard InChI is InChI=1S/C21H30O3/c1-13(22)24-15-8-10-20(2)14(12-15)4-5-16-17-6-7-19(23)21(17,3)11-9-18(16)20/h4,7,15-18,23H,5-6,8-12H2,1-3H3/t15-,16?,17?,18?,20-,21-/m0/s1. The zero-order chi connectivity index (χ0) is 17.1. The van der Waals surface area contributed by atoms with E-state index >= 15 is 0 Å². The van der Waals surface area contributed by atoms with Crippen LogP contribution < -0.4 is 0 Å². The lowest BCUT2D eigenvalue weighted by Gasteiger charge is -2.57. The number of rotatable bonds is 1. The van der Waals surface area contributed by atoms with Crippen LogP contribution in [0.3, 0.4) is 0 Å². The van der Waals surface area contributed by atoms with Crippen LogP contribution in [0.25, 0.3) is 0 Å². The highest BCUT2D eigenvalue weighted by atomic mass is 16.5. The fourth-order valence-electron chi connectivity index (χ4n) is 6.51. The first-order chi connectivity index (χ1) is 11.3. The van der Waals surface area contributed by atoms with Crippen molar-refractivity contribution in [2.24, 2.45) is 28.6 Å². The molecule has 4 aliphatic rings. The zero-order valence-electron chi connectivity index (χ0n) is 15.2. The Kier molecular flexibility index (Phi) is 3.63.